The first-order valence-corrected chi connectivity index (χ1v) is 5.80. The monoisotopic (exact) mass is 187 g/mol. The van der Waals surface area contributed by atoms with Gasteiger partial charge in [0.25, 0.3) is 0 Å². The lowest BCUT2D eigenvalue weighted by Crippen LogP contribution is -2.24. The summed E-state index contributed by atoms with van der Waals surface area (Å²) in [4.78, 5) is 4.23. The second kappa shape index (κ2) is 3.08. The van der Waals surface area contributed by atoms with E-state index in [4.69, 9.17) is 0 Å². The van der Waals surface area contributed by atoms with E-state index in [1.165, 1.54) is 50.5 Å². The van der Waals surface area contributed by atoms with Crippen LogP contribution in [0.1, 0.15) is 43.2 Å². The number of hydrogen-bond donors (Lipinski definition) is 0. The van der Waals surface area contributed by atoms with E-state index in [0.717, 1.165) is 0 Å². The van der Waals surface area contributed by atoms with E-state index in [2.05, 4.69) is 17.2 Å². The van der Waals surface area contributed by atoms with Crippen molar-refractivity contribution in [1.82, 2.24) is 4.98 Å². The number of rotatable bonds is 0. The fraction of sp³-hybridized carbons (Fsp3) is 0.615. The van der Waals surface area contributed by atoms with Crippen LogP contribution in [-0.2, 0) is 12.8 Å². The number of fused-ring (bicyclic) bond motifs is 1. The molecule has 1 fully saturated rings. The van der Waals surface area contributed by atoms with Crippen LogP contribution < -0.4 is 0 Å². The van der Waals surface area contributed by atoms with Gasteiger partial charge in [0.1, 0.15) is 0 Å². The van der Waals surface area contributed by atoms with Crippen molar-refractivity contribution in [2.75, 3.05) is 0 Å². The normalized spacial score (nSPS) is 23.7. The molecule has 3 rings (SSSR count). The summed E-state index contributed by atoms with van der Waals surface area (Å²) in [5.41, 5.74) is 3.74. The molecule has 74 valence electrons. The molecule has 0 aromatic carbocycles. The SMILES string of the molecule is c1cc2c(cn1)CC1(CCCCC1)C2. The molecule has 14 heavy (non-hydrogen) atoms. The molecule has 2 aliphatic carbocycles. The highest BCUT2D eigenvalue weighted by Gasteiger charge is 2.37. The fourth-order valence-corrected chi connectivity index (χ4v) is 3.31. The third kappa shape index (κ3) is 1.26. The Morgan fingerprint density at radius 2 is 1.79 bits per heavy atom. The zero-order valence-electron chi connectivity index (χ0n) is 8.63. The highest BCUT2D eigenvalue weighted by atomic mass is 14.6. The summed E-state index contributed by atoms with van der Waals surface area (Å²) in [6.45, 7) is 0. The van der Waals surface area contributed by atoms with Crippen LogP contribution in [0, 0.1) is 5.41 Å². The van der Waals surface area contributed by atoms with Gasteiger partial charge in [-0.05, 0) is 48.3 Å². The minimum absolute atomic E-state index is 0.642. The molecule has 0 bridgehead atoms. The van der Waals surface area contributed by atoms with Gasteiger partial charge in [0.05, 0.1) is 0 Å². The minimum atomic E-state index is 0.642. The number of pyridine rings is 1. The van der Waals surface area contributed by atoms with Gasteiger partial charge >= 0.3 is 0 Å². The highest BCUT2D eigenvalue weighted by Crippen LogP contribution is 2.46. The first kappa shape index (κ1) is 8.46. The van der Waals surface area contributed by atoms with E-state index in [-0.39, 0.29) is 0 Å². The average Bonchev–Trinajstić information content (AvgIpc) is 2.56. The van der Waals surface area contributed by atoms with E-state index in [0.29, 0.717) is 5.41 Å². The number of aromatic nitrogens is 1. The Balaban J connectivity index is 1.89. The minimum Gasteiger partial charge on any atom is -0.264 e. The van der Waals surface area contributed by atoms with Gasteiger partial charge < -0.3 is 0 Å². The Morgan fingerprint density at radius 3 is 2.57 bits per heavy atom. The van der Waals surface area contributed by atoms with E-state index in [1.807, 2.05) is 6.20 Å². The molecule has 1 heteroatoms. The summed E-state index contributed by atoms with van der Waals surface area (Å²) in [5.74, 6) is 0. The molecule has 0 atom stereocenters. The summed E-state index contributed by atoms with van der Waals surface area (Å²) >= 11 is 0. The molecule has 1 nitrogen and oxygen atoms in total. The predicted octanol–water partition coefficient (Wildman–Crippen LogP) is 3.13. The van der Waals surface area contributed by atoms with Crippen LogP contribution in [0.25, 0.3) is 0 Å². The molecule has 0 aliphatic heterocycles. The Bertz CT molecular complexity index is 310. The highest BCUT2D eigenvalue weighted by molar-refractivity contribution is 5.31. The van der Waals surface area contributed by atoms with Crippen LogP contribution in [0.2, 0.25) is 0 Å². The van der Waals surface area contributed by atoms with E-state index in [9.17, 15) is 0 Å². The van der Waals surface area contributed by atoms with Gasteiger partial charge in [-0.25, -0.2) is 0 Å². The summed E-state index contributed by atoms with van der Waals surface area (Å²) in [7, 11) is 0. The summed E-state index contributed by atoms with van der Waals surface area (Å²) < 4.78 is 0. The van der Waals surface area contributed by atoms with Crippen molar-refractivity contribution in [3.63, 3.8) is 0 Å². The third-order valence-corrected chi connectivity index (χ3v) is 4.05. The van der Waals surface area contributed by atoms with Crippen LogP contribution in [0.4, 0.5) is 0 Å². The smallest absolute Gasteiger partial charge is 0.0302 e. The quantitative estimate of drug-likeness (QED) is 0.608. The molecule has 0 amide bonds. The summed E-state index contributed by atoms with van der Waals surface area (Å²) in [5, 5.41) is 0. The van der Waals surface area contributed by atoms with Crippen molar-refractivity contribution in [3.05, 3.63) is 29.6 Å². The third-order valence-electron chi connectivity index (χ3n) is 4.05. The first-order valence-electron chi connectivity index (χ1n) is 5.80. The number of nitrogens with zero attached hydrogens (tertiary/aromatic N) is 1. The van der Waals surface area contributed by atoms with Crippen molar-refractivity contribution < 1.29 is 0 Å². The van der Waals surface area contributed by atoms with Gasteiger partial charge in [0.2, 0.25) is 0 Å². The standard InChI is InChI=1S/C13H17N/c1-2-5-13(6-3-1)8-11-4-7-14-10-12(11)9-13/h4,7,10H,1-3,5-6,8-9H2. The van der Waals surface area contributed by atoms with Crippen molar-refractivity contribution in [3.8, 4) is 0 Å². The fourth-order valence-electron chi connectivity index (χ4n) is 3.31. The molecular weight excluding hydrogens is 170 g/mol. The molecule has 0 N–H and O–H groups in total. The van der Waals surface area contributed by atoms with E-state index >= 15 is 0 Å². The molecule has 1 spiro atoms. The van der Waals surface area contributed by atoms with Gasteiger partial charge in [-0.1, -0.05) is 19.3 Å². The van der Waals surface area contributed by atoms with Crippen LogP contribution in [-0.4, -0.2) is 4.98 Å². The van der Waals surface area contributed by atoms with Crippen molar-refractivity contribution in [2.45, 2.75) is 44.9 Å². The Labute approximate surface area is 85.6 Å². The lowest BCUT2D eigenvalue weighted by atomic mass is 9.72. The predicted molar refractivity (Wildman–Crippen MR) is 57.2 cm³/mol. The lowest BCUT2D eigenvalue weighted by molar-refractivity contribution is 0.202. The van der Waals surface area contributed by atoms with Gasteiger partial charge in [-0.3, -0.25) is 4.98 Å². The Hall–Kier alpha value is -0.850. The van der Waals surface area contributed by atoms with Gasteiger partial charge in [0.15, 0.2) is 0 Å². The summed E-state index contributed by atoms with van der Waals surface area (Å²) in [6.07, 6.45) is 13.9. The molecule has 1 saturated carbocycles. The molecule has 0 saturated heterocycles. The lowest BCUT2D eigenvalue weighted by Gasteiger charge is -2.33. The second-order valence-electron chi connectivity index (χ2n) is 5.06. The van der Waals surface area contributed by atoms with Crippen LogP contribution in [0.15, 0.2) is 18.5 Å². The largest absolute Gasteiger partial charge is 0.264 e. The first-order chi connectivity index (χ1) is 6.88. The van der Waals surface area contributed by atoms with Crippen molar-refractivity contribution >= 4 is 0 Å². The number of hydrogen-bond acceptors (Lipinski definition) is 1. The van der Waals surface area contributed by atoms with Crippen molar-refractivity contribution in [2.24, 2.45) is 5.41 Å². The molecule has 1 heterocycles. The molecule has 2 aliphatic rings. The zero-order valence-corrected chi connectivity index (χ0v) is 8.63. The maximum absolute atomic E-state index is 4.23. The van der Waals surface area contributed by atoms with Crippen molar-refractivity contribution in [1.29, 1.82) is 0 Å². The molecule has 0 radical (unpaired) electrons. The molecule has 1 aromatic heterocycles. The van der Waals surface area contributed by atoms with Gasteiger partial charge in [0, 0.05) is 12.4 Å². The molecule has 1 aromatic rings. The van der Waals surface area contributed by atoms with E-state index < -0.39 is 0 Å². The van der Waals surface area contributed by atoms with Gasteiger partial charge in [-0.15, -0.1) is 0 Å². The maximum Gasteiger partial charge on any atom is 0.0302 e. The maximum atomic E-state index is 4.23. The van der Waals surface area contributed by atoms with E-state index in [1.54, 1.807) is 5.56 Å². The average molecular weight is 187 g/mol. The summed E-state index contributed by atoms with van der Waals surface area (Å²) in [6, 6.07) is 2.22. The Kier molecular flexibility index (Phi) is 1.86. The van der Waals surface area contributed by atoms with Crippen LogP contribution in [0.3, 0.4) is 0 Å². The van der Waals surface area contributed by atoms with Crippen LogP contribution in [0.5, 0.6) is 0 Å². The van der Waals surface area contributed by atoms with Gasteiger partial charge in [-0.2, -0.15) is 0 Å². The molecular formula is C13H17N. The second-order valence-corrected chi connectivity index (χ2v) is 5.06. The van der Waals surface area contributed by atoms with Crippen LogP contribution >= 0.6 is 0 Å². The molecule has 0 unspecified atom stereocenters. The Morgan fingerprint density at radius 1 is 1.00 bits per heavy atom. The zero-order chi connectivity index (χ0) is 9.43. The topological polar surface area (TPSA) is 12.9 Å².